The average molecular weight is 730 g/mol. The first kappa shape index (κ1) is 36.8. The summed E-state index contributed by atoms with van der Waals surface area (Å²) in [4.78, 5) is 45.8. The van der Waals surface area contributed by atoms with Crippen LogP contribution in [0, 0.1) is 0 Å². The van der Waals surface area contributed by atoms with Crippen molar-refractivity contribution >= 4 is 80.0 Å². The number of carbonyl (C=O) groups excluding carboxylic acids is 1. The number of aliphatic imine (C=N–C) groups is 3. The maximum Gasteiger partial charge on any atom is 0.326 e. The number of sulfonamides is 1. The van der Waals surface area contributed by atoms with Gasteiger partial charge >= 0.3 is 5.97 Å². The summed E-state index contributed by atoms with van der Waals surface area (Å²) in [5, 5.41) is 19.6. The van der Waals surface area contributed by atoms with E-state index in [4.69, 9.17) is 16.5 Å². The molecule has 0 bridgehead atoms. The molecule has 1 aliphatic rings. The molecule has 1 aliphatic heterocycles. The summed E-state index contributed by atoms with van der Waals surface area (Å²) >= 11 is 2.52. The Hall–Kier alpha value is -5.01. The van der Waals surface area contributed by atoms with Crippen LogP contribution in [0.5, 0.6) is 0 Å². The Bertz CT molecular complexity index is 1810. The van der Waals surface area contributed by atoms with E-state index in [-0.39, 0.29) is 34.4 Å². The van der Waals surface area contributed by atoms with Crippen LogP contribution in [0.25, 0.3) is 0 Å². The lowest BCUT2D eigenvalue weighted by atomic mass is 10.1. The molecule has 49 heavy (non-hydrogen) atoms. The first-order valence-corrected chi connectivity index (χ1v) is 18.4. The summed E-state index contributed by atoms with van der Waals surface area (Å²) < 4.78 is 29.1. The quantitative estimate of drug-likeness (QED) is 0.0671. The van der Waals surface area contributed by atoms with Crippen molar-refractivity contribution in [2.24, 2.45) is 26.4 Å². The van der Waals surface area contributed by atoms with Gasteiger partial charge in [-0.05, 0) is 56.1 Å². The minimum Gasteiger partial charge on any atom is -0.480 e. The van der Waals surface area contributed by atoms with Gasteiger partial charge in [0.05, 0.1) is 29.0 Å². The van der Waals surface area contributed by atoms with Gasteiger partial charge in [-0.1, -0.05) is 6.07 Å². The van der Waals surface area contributed by atoms with Crippen molar-refractivity contribution in [3.63, 3.8) is 0 Å². The third-order valence-corrected chi connectivity index (χ3v) is 10.4. The SMILES string of the molecule is C=N/C(=C\N=CC)N1CCN(c2nc(CNc3cccc(S(=O)(=O)Nc4ccsc4C(=O)N[C@@H](CCCN=C(N)N)C(=O)O)c3)cs2)CC1. The van der Waals surface area contributed by atoms with E-state index >= 15 is 0 Å². The predicted molar refractivity (Wildman–Crippen MR) is 195 cm³/mol. The highest BCUT2D eigenvalue weighted by molar-refractivity contribution is 7.92. The van der Waals surface area contributed by atoms with Crippen LogP contribution in [0.2, 0.25) is 0 Å². The summed E-state index contributed by atoms with van der Waals surface area (Å²) in [5.74, 6) is -1.34. The molecule has 1 amide bonds. The van der Waals surface area contributed by atoms with E-state index in [0.29, 0.717) is 18.7 Å². The Balaban J connectivity index is 1.34. The van der Waals surface area contributed by atoms with Crippen LogP contribution in [0.15, 0.2) is 73.0 Å². The van der Waals surface area contributed by atoms with Crippen LogP contribution < -0.4 is 31.7 Å². The molecule has 16 nitrogen and oxygen atoms in total. The van der Waals surface area contributed by atoms with Gasteiger partial charge in [-0.2, -0.15) is 0 Å². The van der Waals surface area contributed by atoms with E-state index in [1.807, 2.05) is 12.3 Å². The van der Waals surface area contributed by atoms with Gasteiger partial charge in [-0.25, -0.2) is 23.2 Å². The molecule has 1 atom stereocenters. The Labute approximate surface area is 292 Å². The van der Waals surface area contributed by atoms with E-state index in [9.17, 15) is 23.1 Å². The third kappa shape index (κ3) is 10.5. The number of aliphatic carboxylic acids is 1. The fourth-order valence-electron chi connectivity index (χ4n) is 4.73. The molecule has 1 saturated heterocycles. The summed E-state index contributed by atoms with van der Waals surface area (Å²) in [6, 6.07) is 6.51. The molecule has 0 unspecified atom stereocenters. The Morgan fingerprint density at radius 1 is 1.18 bits per heavy atom. The van der Waals surface area contributed by atoms with Gasteiger partial charge < -0.3 is 37.0 Å². The molecule has 19 heteroatoms. The molecule has 0 aliphatic carbocycles. The lowest BCUT2D eigenvalue weighted by molar-refractivity contribution is -0.139. The molecule has 3 aromatic rings. The number of rotatable bonds is 17. The van der Waals surface area contributed by atoms with E-state index in [2.05, 4.69) is 46.9 Å². The topological polar surface area (TPSA) is 233 Å². The van der Waals surface area contributed by atoms with Crippen molar-refractivity contribution < 1.29 is 23.1 Å². The third-order valence-electron chi connectivity index (χ3n) is 7.20. The number of nitrogens with two attached hydrogens (primary N) is 2. The minimum atomic E-state index is -4.11. The zero-order chi connectivity index (χ0) is 35.4. The van der Waals surface area contributed by atoms with Gasteiger partial charge in [0.2, 0.25) is 0 Å². The highest BCUT2D eigenvalue weighted by atomic mass is 32.2. The van der Waals surface area contributed by atoms with Crippen LogP contribution in [0.1, 0.15) is 35.1 Å². The zero-order valence-corrected chi connectivity index (χ0v) is 29.2. The van der Waals surface area contributed by atoms with Crippen LogP contribution in [-0.4, -0.2) is 92.9 Å². The number of carboxylic acid groups (broad SMARTS) is 1. The lowest BCUT2D eigenvalue weighted by Crippen LogP contribution is -2.45. The van der Waals surface area contributed by atoms with Gasteiger partial charge in [0, 0.05) is 50.0 Å². The monoisotopic (exact) mass is 729 g/mol. The lowest BCUT2D eigenvalue weighted by Gasteiger charge is -2.35. The zero-order valence-electron chi connectivity index (χ0n) is 26.8. The van der Waals surface area contributed by atoms with E-state index < -0.39 is 27.9 Å². The number of anilines is 3. The van der Waals surface area contributed by atoms with Crippen molar-refractivity contribution in [3.8, 4) is 0 Å². The number of nitrogens with zero attached hydrogens (tertiary/aromatic N) is 6. The molecule has 0 spiro atoms. The summed E-state index contributed by atoms with van der Waals surface area (Å²) in [7, 11) is -4.11. The molecule has 1 fully saturated rings. The molecule has 262 valence electrons. The first-order chi connectivity index (χ1) is 23.5. The Morgan fingerprint density at radius 2 is 1.96 bits per heavy atom. The summed E-state index contributed by atoms with van der Waals surface area (Å²) in [5.41, 5.74) is 12.0. The van der Waals surface area contributed by atoms with Crippen molar-refractivity contribution in [1.82, 2.24) is 15.2 Å². The number of guanidine groups is 1. The number of carbonyl (C=O) groups is 2. The van der Waals surface area contributed by atoms with Crippen molar-refractivity contribution in [1.29, 1.82) is 0 Å². The van der Waals surface area contributed by atoms with Crippen LogP contribution >= 0.6 is 22.7 Å². The van der Waals surface area contributed by atoms with Crippen molar-refractivity contribution in [2.75, 3.05) is 47.7 Å². The van der Waals surface area contributed by atoms with Crippen LogP contribution in [-0.2, 0) is 21.4 Å². The van der Waals surface area contributed by atoms with Gasteiger partial charge in [0.25, 0.3) is 15.9 Å². The smallest absolute Gasteiger partial charge is 0.326 e. The standard InChI is InChI=1S/C30H39N11O5S3/c1-3-34-18-25(33-2)40-11-13-41(14-12-40)30-37-21(19-48-30)17-36-20-6-4-7-22(16-20)49(45,46)39-23-9-15-47-26(23)27(42)38-24(28(43)44)8-5-10-35-29(31)32/h3-4,6-7,9,15-16,18-19,24,36,39H,2,5,8,10-14,17H2,1H3,(H,38,42)(H,43,44)(H4,31,32,35)/b25-18+,34-3?/t24-/m0/s1. The number of thiophene rings is 1. The largest absolute Gasteiger partial charge is 0.480 e. The number of thiazole rings is 1. The molecule has 1 aromatic carbocycles. The summed E-state index contributed by atoms with van der Waals surface area (Å²) in [6.45, 7) is 9.12. The Morgan fingerprint density at radius 3 is 2.65 bits per heavy atom. The number of piperazine rings is 1. The number of hydrogen-bond donors (Lipinski definition) is 6. The van der Waals surface area contributed by atoms with E-state index in [1.165, 1.54) is 23.6 Å². The second-order valence-electron chi connectivity index (χ2n) is 10.6. The fraction of sp³-hybridized carbons (Fsp3) is 0.333. The normalized spacial score (nSPS) is 14.3. The van der Waals surface area contributed by atoms with Crippen molar-refractivity contribution in [2.45, 2.75) is 37.2 Å². The highest BCUT2D eigenvalue weighted by Crippen LogP contribution is 2.27. The predicted octanol–water partition coefficient (Wildman–Crippen LogP) is 2.57. The highest BCUT2D eigenvalue weighted by Gasteiger charge is 2.25. The van der Waals surface area contributed by atoms with Gasteiger partial charge in [0.15, 0.2) is 11.1 Å². The van der Waals surface area contributed by atoms with Gasteiger partial charge in [-0.15, -0.1) is 22.7 Å². The number of nitrogens with one attached hydrogen (secondary N) is 3. The van der Waals surface area contributed by atoms with Gasteiger partial charge in [-0.3, -0.25) is 19.5 Å². The van der Waals surface area contributed by atoms with E-state index in [1.54, 1.807) is 35.9 Å². The molecule has 3 heterocycles. The molecular weight excluding hydrogens is 691 g/mol. The molecule has 2 aromatic heterocycles. The van der Waals surface area contributed by atoms with Crippen LogP contribution in [0.3, 0.4) is 0 Å². The molecule has 0 saturated carbocycles. The second kappa shape index (κ2) is 17.4. The van der Waals surface area contributed by atoms with Crippen LogP contribution in [0.4, 0.5) is 16.5 Å². The van der Waals surface area contributed by atoms with Crippen molar-refractivity contribution in [3.05, 3.63) is 63.7 Å². The maximum absolute atomic E-state index is 13.3. The fourth-order valence-corrected chi connectivity index (χ4v) is 7.55. The number of hydrogen-bond acceptors (Lipinski definition) is 13. The Kier molecular flexibility index (Phi) is 13.1. The number of benzene rings is 1. The second-order valence-corrected chi connectivity index (χ2v) is 14.0. The maximum atomic E-state index is 13.3. The molecule has 8 N–H and O–H groups in total. The first-order valence-electron chi connectivity index (χ1n) is 15.1. The summed E-state index contributed by atoms with van der Waals surface area (Å²) in [6.07, 6.45) is 3.79. The molecule has 4 rings (SSSR count). The molecular formula is C30H39N11O5S3. The molecule has 0 radical (unpaired) electrons. The van der Waals surface area contributed by atoms with Gasteiger partial charge in [0.1, 0.15) is 16.7 Å². The minimum absolute atomic E-state index is 0.0222. The number of amides is 1. The number of aromatic nitrogens is 1. The number of carboxylic acids is 1. The van der Waals surface area contributed by atoms with E-state index in [0.717, 1.165) is 54.2 Å². The average Bonchev–Trinajstić information content (AvgIpc) is 3.75.